The van der Waals surface area contributed by atoms with Crippen LogP contribution in [0.3, 0.4) is 0 Å². The van der Waals surface area contributed by atoms with Gasteiger partial charge in [-0.15, -0.1) is 35.3 Å². The zero-order chi connectivity index (χ0) is 13.0. The highest BCUT2D eigenvalue weighted by Crippen LogP contribution is 2.26. The predicted molar refractivity (Wildman–Crippen MR) is 84.5 cm³/mol. The summed E-state index contributed by atoms with van der Waals surface area (Å²) in [6, 6.07) is 9.47. The minimum absolute atomic E-state index is 0. The molecule has 0 saturated heterocycles. The van der Waals surface area contributed by atoms with E-state index < -0.39 is 0 Å². The Bertz CT molecular complexity index is 556. The monoisotopic (exact) mass is 316 g/mol. The first-order valence-corrected chi connectivity index (χ1v) is 6.77. The summed E-state index contributed by atoms with van der Waals surface area (Å²) in [4.78, 5) is 5.33. The molecule has 0 aliphatic carbocycles. The molecule has 1 heterocycles. The third-order valence-corrected chi connectivity index (χ3v) is 3.61. The number of amidine groups is 1. The van der Waals surface area contributed by atoms with Crippen molar-refractivity contribution in [3.8, 4) is 5.75 Å². The lowest BCUT2D eigenvalue weighted by Crippen LogP contribution is -2.10. The number of nitrogens with zero attached hydrogens (tertiary/aromatic N) is 1. The quantitative estimate of drug-likeness (QED) is 0.527. The summed E-state index contributed by atoms with van der Waals surface area (Å²) in [5, 5.41) is 1.97. The Balaban J connectivity index is 0.00000180. The standard InChI is InChI=1S/C13H13ClN2OS.ClH/c1-17-11-5-4-10(7-9(11)8-14)16-13(15)12-3-2-6-18-12;/h2-7H,8H2,1H3,(H2,15,16);1H. The van der Waals surface area contributed by atoms with Gasteiger partial charge in [0.05, 0.1) is 23.6 Å². The number of rotatable bonds is 4. The lowest BCUT2D eigenvalue weighted by atomic mass is 10.2. The smallest absolute Gasteiger partial charge is 0.141 e. The van der Waals surface area contributed by atoms with Gasteiger partial charge in [-0.3, -0.25) is 0 Å². The van der Waals surface area contributed by atoms with E-state index in [2.05, 4.69) is 4.99 Å². The van der Waals surface area contributed by atoms with Crippen molar-refractivity contribution in [2.45, 2.75) is 5.88 Å². The summed E-state index contributed by atoms with van der Waals surface area (Å²) in [5.74, 6) is 1.65. The second-order valence-corrected chi connectivity index (χ2v) is 4.82. The second-order valence-electron chi connectivity index (χ2n) is 3.60. The number of hydrogen-bond acceptors (Lipinski definition) is 3. The Hall–Kier alpha value is -1.23. The number of thiophene rings is 1. The van der Waals surface area contributed by atoms with Crippen LogP contribution in [-0.4, -0.2) is 12.9 Å². The molecule has 1 aromatic heterocycles. The normalized spacial score (nSPS) is 10.9. The fourth-order valence-electron chi connectivity index (χ4n) is 1.56. The van der Waals surface area contributed by atoms with E-state index in [0.29, 0.717) is 11.7 Å². The maximum absolute atomic E-state index is 5.93. The zero-order valence-corrected chi connectivity index (χ0v) is 12.7. The van der Waals surface area contributed by atoms with Crippen LogP contribution < -0.4 is 10.5 Å². The van der Waals surface area contributed by atoms with Crippen molar-refractivity contribution in [1.82, 2.24) is 0 Å². The minimum atomic E-state index is 0. The molecular formula is C13H14Cl2N2OS. The molecule has 2 aromatic rings. The summed E-state index contributed by atoms with van der Waals surface area (Å²) in [6.45, 7) is 0. The molecule has 0 saturated carbocycles. The molecule has 0 aliphatic rings. The molecule has 0 atom stereocenters. The van der Waals surface area contributed by atoms with Crippen molar-refractivity contribution in [1.29, 1.82) is 0 Å². The lowest BCUT2D eigenvalue weighted by molar-refractivity contribution is 0.411. The van der Waals surface area contributed by atoms with Gasteiger partial charge < -0.3 is 10.5 Å². The van der Waals surface area contributed by atoms with Crippen LogP contribution in [0.5, 0.6) is 5.75 Å². The van der Waals surface area contributed by atoms with Gasteiger partial charge in [-0.2, -0.15) is 0 Å². The minimum Gasteiger partial charge on any atom is -0.496 e. The molecule has 0 fully saturated rings. The van der Waals surface area contributed by atoms with Gasteiger partial charge in [-0.1, -0.05) is 6.07 Å². The second kappa shape index (κ2) is 7.38. The fraction of sp³-hybridized carbons (Fsp3) is 0.154. The van der Waals surface area contributed by atoms with Crippen molar-refractivity contribution in [3.63, 3.8) is 0 Å². The maximum atomic E-state index is 5.93. The van der Waals surface area contributed by atoms with Crippen LogP contribution in [0.2, 0.25) is 0 Å². The molecule has 2 N–H and O–H groups in total. The van der Waals surface area contributed by atoms with Gasteiger partial charge in [-0.25, -0.2) is 4.99 Å². The van der Waals surface area contributed by atoms with Crippen LogP contribution in [0.25, 0.3) is 0 Å². The number of aliphatic imine (C=N–C) groups is 1. The summed E-state index contributed by atoms with van der Waals surface area (Å²) >= 11 is 7.42. The van der Waals surface area contributed by atoms with Crippen molar-refractivity contribution >= 4 is 46.9 Å². The van der Waals surface area contributed by atoms with E-state index >= 15 is 0 Å². The predicted octanol–water partition coefficient (Wildman–Crippen LogP) is 3.95. The Morgan fingerprint density at radius 3 is 2.79 bits per heavy atom. The summed E-state index contributed by atoms with van der Waals surface area (Å²) < 4.78 is 5.21. The fourth-order valence-corrected chi connectivity index (χ4v) is 2.39. The molecule has 0 aliphatic heterocycles. The zero-order valence-electron chi connectivity index (χ0n) is 10.3. The molecule has 1 aromatic carbocycles. The summed E-state index contributed by atoms with van der Waals surface area (Å²) in [6.07, 6.45) is 0. The molecule has 0 unspecified atom stereocenters. The topological polar surface area (TPSA) is 47.6 Å². The van der Waals surface area contributed by atoms with Crippen LogP contribution in [0.1, 0.15) is 10.4 Å². The van der Waals surface area contributed by atoms with Crippen LogP contribution in [0.15, 0.2) is 40.7 Å². The van der Waals surface area contributed by atoms with Crippen molar-refractivity contribution in [2.75, 3.05) is 7.11 Å². The summed E-state index contributed by atoms with van der Waals surface area (Å²) in [7, 11) is 1.62. The Morgan fingerprint density at radius 2 is 2.21 bits per heavy atom. The molecule has 6 heteroatoms. The lowest BCUT2D eigenvalue weighted by Gasteiger charge is -2.06. The highest BCUT2D eigenvalue weighted by Gasteiger charge is 2.04. The molecular weight excluding hydrogens is 303 g/mol. The van der Waals surface area contributed by atoms with E-state index in [0.717, 1.165) is 21.9 Å². The van der Waals surface area contributed by atoms with Crippen molar-refractivity contribution < 1.29 is 4.74 Å². The average Bonchev–Trinajstić information content (AvgIpc) is 2.92. The van der Waals surface area contributed by atoms with Crippen molar-refractivity contribution in [3.05, 3.63) is 46.2 Å². The number of methoxy groups -OCH3 is 1. The number of nitrogens with two attached hydrogens (primary N) is 1. The highest BCUT2D eigenvalue weighted by molar-refractivity contribution is 7.12. The highest BCUT2D eigenvalue weighted by atomic mass is 35.5. The molecule has 0 spiro atoms. The molecule has 0 amide bonds. The van der Waals surface area contributed by atoms with Gasteiger partial charge in [0.1, 0.15) is 11.6 Å². The van der Waals surface area contributed by atoms with Crippen LogP contribution >= 0.6 is 35.3 Å². The van der Waals surface area contributed by atoms with E-state index in [1.807, 2.05) is 35.7 Å². The summed E-state index contributed by atoms with van der Waals surface area (Å²) in [5.41, 5.74) is 7.61. The number of halogens is 2. The van der Waals surface area contributed by atoms with Gasteiger partial charge in [-0.05, 0) is 29.6 Å². The molecule has 0 bridgehead atoms. The Labute approximate surface area is 127 Å². The van der Waals surface area contributed by atoms with Gasteiger partial charge in [0.2, 0.25) is 0 Å². The Kier molecular flexibility index (Phi) is 6.15. The molecule has 0 radical (unpaired) electrons. The molecule has 19 heavy (non-hydrogen) atoms. The third-order valence-electron chi connectivity index (χ3n) is 2.43. The molecule has 3 nitrogen and oxygen atoms in total. The number of alkyl halides is 1. The first-order valence-electron chi connectivity index (χ1n) is 5.35. The largest absolute Gasteiger partial charge is 0.496 e. The van der Waals surface area contributed by atoms with Crippen LogP contribution in [-0.2, 0) is 5.88 Å². The SMILES string of the molecule is COc1ccc(N=C(N)c2cccs2)cc1CCl.Cl. The van der Waals surface area contributed by atoms with E-state index in [-0.39, 0.29) is 12.4 Å². The van der Waals surface area contributed by atoms with Gasteiger partial charge in [0.25, 0.3) is 0 Å². The Morgan fingerprint density at radius 1 is 1.42 bits per heavy atom. The van der Waals surface area contributed by atoms with E-state index in [1.54, 1.807) is 18.4 Å². The third kappa shape index (κ3) is 3.86. The first kappa shape index (κ1) is 15.8. The number of benzene rings is 1. The van der Waals surface area contributed by atoms with Crippen molar-refractivity contribution in [2.24, 2.45) is 10.7 Å². The van der Waals surface area contributed by atoms with Gasteiger partial charge in [0.15, 0.2) is 0 Å². The number of hydrogen-bond donors (Lipinski definition) is 1. The maximum Gasteiger partial charge on any atom is 0.141 e. The van der Waals surface area contributed by atoms with Gasteiger partial charge in [0, 0.05) is 5.56 Å². The average molecular weight is 317 g/mol. The van der Waals surface area contributed by atoms with Crippen LogP contribution in [0, 0.1) is 0 Å². The van der Waals surface area contributed by atoms with E-state index in [1.165, 1.54) is 0 Å². The molecule has 2 rings (SSSR count). The van der Waals surface area contributed by atoms with E-state index in [4.69, 9.17) is 22.1 Å². The van der Waals surface area contributed by atoms with Crippen LogP contribution in [0.4, 0.5) is 5.69 Å². The molecule has 102 valence electrons. The number of ether oxygens (including phenoxy) is 1. The van der Waals surface area contributed by atoms with Gasteiger partial charge >= 0.3 is 0 Å². The van der Waals surface area contributed by atoms with E-state index in [9.17, 15) is 0 Å². The first-order chi connectivity index (χ1) is 8.74.